The van der Waals surface area contributed by atoms with Crippen molar-refractivity contribution in [2.45, 2.75) is 25.7 Å². The van der Waals surface area contributed by atoms with E-state index in [2.05, 4.69) is 25.9 Å². The molecular weight excluding hydrogens is 328 g/mol. The van der Waals surface area contributed by atoms with Crippen molar-refractivity contribution >= 4 is 27.5 Å². The van der Waals surface area contributed by atoms with Crippen molar-refractivity contribution in [3.05, 3.63) is 45.3 Å². The first-order valence-corrected chi connectivity index (χ1v) is 7.27. The zero-order valence-corrected chi connectivity index (χ0v) is 12.7. The average molecular weight is 340 g/mol. The maximum atomic E-state index is 5.98. The van der Waals surface area contributed by atoms with Gasteiger partial charge in [0.2, 0.25) is 5.88 Å². The average Bonchev–Trinajstić information content (AvgIpc) is 3.17. The zero-order chi connectivity index (χ0) is 13.4. The van der Waals surface area contributed by atoms with Gasteiger partial charge in [-0.2, -0.15) is 4.98 Å². The molecule has 0 spiro atoms. The van der Waals surface area contributed by atoms with Crippen molar-refractivity contribution in [3.63, 3.8) is 0 Å². The van der Waals surface area contributed by atoms with Crippen LogP contribution in [0.4, 0.5) is 0 Å². The molecule has 98 valence electrons. The van der Waals surface area contributed by atoms with Crippen molar-refractivity contribution in [1.29, 1.82) is 0 Å². The predicted molar refractivity (Wildman–Crippen MR) is 78.0 cm³/mol. The highest BCUT2D eigenvalue weighted by molar-refractivity contribution is 9.10. The Morgan fingerprint density at radius 2 is 2.05 bits per heavy atom. The molecule has 2 aromatic rings. The molecule has 19 heavy (non-hydrogen) atoms. The second-order valence-electron chi connectivity index (χ2n) is 4.67. The van der Waals surface area contributed by atoms with Crippen LogP contribution in [0.25, 0.3) is 0 Å². The van der Waals surface area contributed by atoms with Gasteiger partial charge < -0.3 is 4.74 Å². The van der Waals surface area contributed by atoms with Crippen LogP contribution in [0.2, 0.25) is 5.02 Å². The summed E-state index contributed by atoms with van der Waals surface area (Å²) in [6.07, 6.45) is 2.32. The highest BCUT2D eigenvalue weighted by Gasteiger charge is 2.27. The van der Waals surface area contributed by atoms with E-state index in [1.807, 2.05) is 19.1 Å². The molecule has 5 heteroatoms. The normalized spacial score (nSPS) is 14.5. The molecule has 3 nitrogen and oxygen atoms in total. The Kier molecular flexibility index (Phi) is 3.46. The van der Waals surface area contributed by atoms with Gasteiger partial charge in [0.1, 0.15) is 16.2 Å². The fourth-order valence-electron chi connectivity index (χ4n) is 1.79. The van der Waals surface area contributed by atoms with Gasteiger partial charge >= 0.3 is 0 Å². The highest BCUT2D eigenvalue weighted by atomic mass is 79.9. The summed E-state index contributed by atoms with van der Waals surface area (Å²) in [5.41, 5.74) is 1.02. The van der Waals surface area contributed by atoms with Crippen LogP contribution < -0.4 is 4.74 Å². The van der Waals surface area contributed by atoms with Crippen LogP contribution in [-0.4, -0.2) is 9.97 Å². The number of halogens is 2. The van der Waals surface area contributed by atoms with Gasteiger partial charge in [0.15, 0.2) is 0 Å². The van der Waals surface area contributed by atoms with Gasteiger partial charge in [-0.1, -0.05) is 17.7 Å². The molecule has 0 aliphatic heterocycles. The van der Waals surface area contributed by atoms with Gasteiger partial charge in [-0.25, -0.2) is 4.98 Å². The van der Waals surface area contributed by atoms with E-state index in [0.717, 1.165) is 34.6 Å². The van der Waals surface area contributed by atoms with Crippen molar-refractivity contribution < 1.29 is 4.74 Å². The van der Waals surface area contributed by atoms with Crippen LogP contribution in [0.5, 0.6) is 11.6 Å². The summed E-state index contributed by atoms with van der Waals surface area (Å²) >= 11 is 9.38. The maximum Gasteiger partial charge on any atom is 0.223 e. The maximum absolute atomic E-state index is 5.98. The van der Waals surface area contributed by atoms with E-state index < -0.39 is 0 Å². The lowest BCUT2D eigenvalue weighted by molar-refractivity contribution is 0.454. The number of nitrogens with zero attached hydrogens (tertiary/aromatic N) is 2. The number of rotatable bonds is 3. The first kappa shape index (κ1) is 12.9. The molecule has 0 N–H and O–H groups in total. The number of hydrogen-bond donors (Lipinski definition) is 0. The van der Waals surface area contributed by atoms with Gasteiger partial charge in [-0.05, 0) is 53.4 Å². The first-order valence-electron chi connectivity index (χ1n) is 6.10. The van der Waals surface area contributed by atoms with Gasteiger partial charge in [0.25, 0.3) is 0 Å². The minimum absolute atomic E-state index is 0.486. The highest BCUT2D eigenvalue weighted by Crippen LogP contribution is 2.39. The van der Waals surface area contributed by atoms with Gasteiger partial charge in [0, 0.05) is 17.0 Å². The third kappa shape index (κ3) is 3.07. The largest absolute Gasteiger partial charge is 0.439 e. The molecule has 1 heterocycles. The fraction of sp³-hybridized carbons (Fsp3) is 0.286. The van der Waals surface area contributed by atoms with Crippen molar-refractivity contribution in [3.8, 4) is 11.6 Å². The van der Waals surface area contributed by atoms with Crippen LogP contribution >= 0.6 is 27.5 Å². The minimum atomic E-state index is 0.486. The lowest BCUT2D eigenvalue weighted by Gasteiger charge is -2.09. The number of aryl methyl sites for hydroxylation is 1. The van der Waals surface area contributed by atoms with Crippen LogP contribution in [-0.2, 0) is 0 Å². The topological polar surface area (TPSA) is 35.0 Å². The zero-order valence-electron chi connectivity index (χ0n) is 10.4. The summed E-state index contributed by atoms with van der Waals surface area (Å²) in [6.45, 7) is 1.98. The number of ether oxygens (including phenoxy) is 1. The van der Waals surface area contributed by atoms with Gasteiger partial charge in [-0.15, -0.1) is 0 Å². The minimum Gasteiger partial charge on any atom is -0.439 e. The van der Waals surface area contributed by atoms with E-state index in [1.165, 1.54) is 0 Å². The van der Waals surface area contributed by atoms with Crippen molar-refractivity contribution in [2.75, 3.05) is 0 Å². The second kappa shape index (κ2) is 5.10. The molecule has 1 aromatic carbocycles. The van der Waals surface area contributed by atoms with Crippen LogP contribution in [0.3, 0.4) is 0 Å². The predicted octanol–water partition coefficient (Wildman–Crippen LogP) is 4.87. The molecule has 0 radical (unpaired) electrons. The van der Waals surface area contributed by atoms with E-state index in [4.69, 9.17) is 16.3 Å². The Balaban J connectivity index is 1.92. The van der Waals surface area contributed by atoms with E-state index >= 15 is 0 Å². The standard InChI is InChI=1S/C14H12BrClN2O/c1-8-2-5-10(16)6-11(8)19-13-7-12(15)17-14(18-13)9-3-4-9/h2,5-7,9H,3-4H2,1H3. The fourth-order valence-corrected chi connectivity index (χ4v) is 2.33. The number of hydrogen-bond acceptors (Lipinski definition) is 3. The molecular formula is C14H12BrClN2O. The molecule has 0 bridgehead atoms. The third-order valence-electron chi connectivity index (χ3n) is 3.00. The summed E-state index contributed by atoms with van der Waals surface area (Å²) in [4.78, 5) is 8.83. The van der Waals surface area contributed by atoms with E-state index in [9.17, 15) is 0 Å². The molecule has 0 saturated heterocycles. The third-order valence-corrected chi connectivity index (χ3v) is 3.64. The summed E-state index contributed by atoms with van der Waals surface area (Å²) in [5, 5.41) is 0.649. The van der Waals surface area contributed by atoms with E-state index in [0.29, 0.717) is 16.8 Å². The second-order valence-corrected chi connectivity index (χ2v) is 5.92. The molecule has 0 atom stereocenters. The summed E-state index contributed by atoms with van der Waals surface area (Å²) in [5.74, 6) is 2.61. The molecule has 1 saturated carbocycles. The Bertz CT molecular complexity index is 629. The summed E-state index contributed by atoms with van der Waals surface area (Å²) in [6, 6.07) is 7.33. The SMILES string of the molecule is Cc1ccc(Cl)cc1Oc1cc(Br)nc(C2CC2)n1. The Hall–Kier alpha value is -1.13. The lowest BCUT2D eigenvalue weighted by atomic mass is 10.2. The molecule has 1 aliphatic rings. The number of aromatic nitrogens is 2. The van der Waals surface area contributed by atoms with E-state index in [1.54, 1.807) is 12.1 Å². The first-order chi connectivity index (χ1) is 9.11. The van der Waals surface area contributed by atoms with Gasteiger partial charge in [-0.3, -0.25) is 0 Å². The van der Waals surface area contributed by atoms with Crippen LogP contribution in [0.15, 0.2) is 28.9 Å². The molecule has 0 unspecified atom stereocenters. The molecule has 0 amide bonds. The molecule has 1 fully saturated rings. The summed E-state index contributed by atoms with van der Waals surface area (Å²) < 4.78 is 6.57. The number of benzene rings is 1. The Labute approximate surface area is 125 Å². The van der Waals surface area contributed by atoms with Crippen molar-refractivity contribution in [2.24, 2.45) is 0 Å². The Morgan fingerprint density at radius 1 is 1.26 bits per heavy atom. The van der Waals surface area contributed by atoms with Gasteiger partial charge in [0.05, 0.1) is 0 Å². The molecule has 1 aromatic heterocycles. The van der Waals surface area contributed by atoms with Crippen molar-refractivity contribution in [1.82, 2.24) is 9.97 Å². The Morgan fingerprint density at radius 3 is 2.79 bits per heavy atom. The summed E-state index contributed by atoms with van der Waals surface area (Å²) in [7, 11) is 0. The molecule has 1 aliphatic carbocycles. The van der Waals surface area contributed by atoms with Crippen LogP contribution in [0, 0.1) is 6.92 Å². The van der Waals surface area contributed by atoms with E-state index in [-0.39, 0.29) is 0 Å². The molecule has 3 rings (SSSR count). The smallest absolute Gasteiger partial charge is 0.223 e. The monoisotopic (exact) mass is 338 g/mol. The van der Waals surface area contributed by atoms with Crippen LogP contribution in [0.1, 0.15) is 30.1 Å². The quantitative estimate of drug-likeness (QED) is 0.748. The lowest BCUT2D eigenvalue weighted by Crippen LogP contribution is -1.97.